The first kappa shape index (κ1) is 14.9. The Morgan fingerprint density at radius 2 is 2.00 bits per heavy atom. The van der Waals surface area contributed by atoms with Crippen LogP contribution in [-0.4, -0.2) is 34.7 Å². The Labute approximate surface area is 131 Å². The van der Waals surface area contributed by atoms with Gasteiger partial charge in [-0.1, -0.05) is 13.0 Å². The number of nitrogens with zero attached hydrogens (tertiary/aromatic N) is 3. The Balaban J connectivity index is 1.75. The summed E-state index contributed by atoms with van der Waals surface area (Å²) in [7, 11) is 0. The predicted octanol–water partition coefficient (Wildman–Crippen LogP) is 3.08. The molecule has 0 aliphatic carbocycles. The molecule has 1 fully saturated rings. The molecule has 5 heteroatoms. The SMILES string of the molecule is Cc1nc(NCC2(C)CCOCC2)cc(-c2ccccn2)n1. The van der Waals surface area contributed by atoms with Crippen LogP contribution in [0.2, 0.25) is 0 Å². The van der Waals surface area contributed by atoms with Gasteiger partial charge in [0.05, 0.1) is 11.4 Å². The zero-order chi connectivity index (χ0) is 15.4. The fraction of sp³-hybridized carbons (Fsp3) is 0.471. The molecule has 0 atom stereocenters. The molecular weight excluding hydrogens is 276 g/mol. The maximum atomic E-state index is 5.45. The minimum Gasteiger partial charge on any atom is -0.381 e. The van der Waals surface area contributed by atoms with Gasteiger partial charge in [-0.25, -0.2) is 9.97 Å². The van der Waals surface area contributed by atoms with E-state index in [1.807, 2.05) is 31.2 Å². The van der Waals surface area contributed by atoms with Crippen molar-refractivity contribution in [3.8, 4) is 11.4 Å². The highest BCUT2D eigenvalue weighted by Crippen LogP contribution is 2.30. The van der Waals surface area contributed by atoms with E-state index in [4.69, 9.17) is 4.74 Å². The van der Waals surface area contributed by atoms with Crippen LogP contribution in [0.5, 0.6) is 0 Å². The van der Waals surface area contributed by atoms with Crippen LogP contribution in [-0.2, 0) is 4.74 Å². The van der Waals surface area contributed by atoms with Gasteiger partial charge in [0.2, 0.25) is 0 Å². The van der Waals surface area contributed by atoms with Crippen LogP contribution in [0.1, 0.15) is 25.6 Å². The molecule has 116 valence electrons. The monoisotopic (exact) mass is 298 g/mol. The first-order valence-electron chi connectivity index (χ1n) is 7.73. The molecule has 22 heavy (non-hydrogen) atoms. The molecule has 0 spiro atoms. The third kappa shape index (κ3) is 3.60. The van der Waals surface area contributed by atoms with E-state index in [1.165, 1.54) is 0 Å². The van der Waals surface area contributed by atoms with Crippen molar-refractivity contribution in [2.24, 2.45) is 5.41 Å². The normalized spacial score (nSPS) is 17.2. The Kier molecular flexibility index (Phi) is 4.34. The minimum absolute atomic E-state index is 0.266. The first-order valence-corrected chi connectivity index (χ1v) is 7.73. The average Bonchev–Trinajstić information content (AvgIpc) is 2.54. The molecular formula is C17H22N4O. The molecule has 0 saturated carbocycles. The molecule has 1 saturated heterocycles. The van der Waals surface area contributed by atoms with Gasteiger partial charge in [0, 0.05) is 32.0 Å². The van der Waals surface area contributed by atoms with E-state index >= 15 is 0 Å². The lowest BCUT2D eigenvalue weighted by Gasteiger charge is -2.33. The van der Waals surface area contributed by atoms with Gasteiger partial charge in [0.15, 0.2) is 0 Å². The van der Waals surface area contributed by atoms with Crippen molar-refractivity contribution in [2.75, 3.05) is 25.1 Å². The molecule has 2 aromatic heterocycles. The second-order valence-electron chi connectivity index (χ2n) is 6.18. The number of rotatable bonds is 4. The molecule has 3 heterocycles. The topological polar surface area (TPSA) is 59.9 Å². The van der Waals surface area contributed by atoms with E-state index in [0.29, 0.717) is 0 Å². The smallest absolute Gasteiger partial charge is 0.130 e. The summed E-state index contributed by atoms with van der Waals surface area (Å²) >= 11 is 0. The van der Waals surface area contributed by atoms with Crippen LogP contribution in [0.25, 0.3) is 11.4 Å². The van der Waals surface area contributed by atoms with Crippen LogP contribution < -0.4 is 5.32 Å². The summed E-state index contributed by atoms with van der Waals surface area (Å²) < 4.78 is 5.45. The van der Waals surface area contributed by atoms with Crippen molar-refractivity contribution in [1.82, 2.24) is 15.0 Å². The summed E-state index contributed by atoms with van der Waals surface area (Å²) in [6.45, 7) is 6.80. The van der Waals surface area contributed by atoms with Gasteiger partial charge < -0.3 is 10.1 Å². The lowest BCUT2D eigenvalue weighted by atomic mass is 9.82. The van der Waals surface area contributed by atoms with Gasteiger partial charge >= 0.3 is 0 Å². The summed E-state index contributed by atoms with van der Waals surface area (Å²) in [4.78, 5) is 13.3. The quantitative estimate of drug-likeness (QED) is 0.940. The lowest BCUT2D eigenvalue weighted by molar-refractivity contribution is 0.0300. The summed E-state index contributed by atoms with van der Waals surface area (Å²) in [5, 5.41) is 3.47. The second kappa shape index (κ2) is 6.40. The second-order valence-corrected chi connectivity index (χ2v) is 6.18. The van der Waals surface area contributed by atoms with E-state index in [2.05, 4.69) is 27.2 Å². The Morgan fingerprint density at radius 1 is 1.18 bits per heavy atom. The van der Waals surface area contributed by atoms with Crippen molar-refractivity contribution in [1.29, 1.82) is 0 Å². The average molecular weight is 298 g/mol. The highest BCUT2D eigenvalue weighted by atomic mass is 16.5. The summed E-state index contributed by atoms with van der Waals surface area (Å²) in [5.41, 5.74) is 1.99. The van der Waals surface area contributed by atoms with Crippen LogP contribution in [0.15, 0.2) is 30.5 Å². The van der Waals surface area contributed by atoms with Gasteiger partial charge in [-0.05, 0) is 37.3 Å². The fourth-order valence-electron chi connectivity index (χ4n) is 2.65. The number of pyridine rings is 1. The van der Waals surface area contributed by atoms with Crippen molar-refractivity contribution in [3.05, 3.63) is 36.3 Å². The van der Waals surface area contributed by atoms with Gasteiger partial charge in [-0.2, -0.15) is 0 Å². The number of ether oxygens (including phenoxy) is 1. The third-order valence-corrected chi connectivity index (χ3v) is 4.16. The Hall–Kier alpha value is -2.01. The molecule has 0 unspecified atom stereocenters. The number of hydrogen-bond acceptors (Lipinski definition) is 5. The summed E-state index contributed by atoms with van der Waals surface area (Å²) in [6.07, 6.45) is 3.94. The third-order valence-electron chi connectivity index (χ3n) is 4.16. The number of hydrogen-bond donors (Lipinski definition) is 1. The first-order chi connectivity index (χ1) is 10.6. The Morgan fingerprint density at radius 3 is 2.73 bits per heavy atom. The summed E-state index contributed by atoms with van der Waals surface area (Å²) in [5.74, 6) is 1.61. The molecule has 0 amide bonds. The van der Waals surface area contributed by atoms with E-state index < -0.39 is 0 Å². The van der Waals surface area contributed by atoms with E-state index in [0.717, 1.165) is 55.6 Å². The van der Waals surface area contributed by atoms with E-state index in [9.17, 15) is 0 Å². The number of aromatic nitrogens is 3. The molecule has 5 nitrogen and oxygen atoms in total. The fourth-order valence-corrected chi connectivity index (χ4v) is 2.65. The number of aryl methyl sites for hydroxylation is 1. The molecule has 1 aliphatic rings. The van der Waals surface area contributed by atoms with Crippen molar-refractivity contribution >= 4 is 5.82 Å². The Bertz CT molecular complexity index is 624. The maximum Gasteiger partial charge on any atom is 0.130 e. The molecule has 0 bridgehead atoms. The molecule has 3 rings (SSSR count). The lowest BCUT2D eigenvalue weighted by Crippen LogP contribution is -2.33. The summed E-state index contributed by atoms with van der Waals surface area (Å²) in [6, 6.07) is 7.81. The molecule has 1 aliphatic heterocycles. The standard InChI is InChI=1S/C17H22N4O/c1-13-20-15(14-5-3-4-8-18-14)11-16(21-13)19-12-17(2)6-9-22-10-7-17/h3-5,8,11H,6-7,9-10,12H2,1-2H3,(H,19,20,21). The van der Waals surface area contributed by atoms with E-state index in [-0.39, 0.29) is 5.41 Å². The molecule has 0 radical (unpaired) electrons. The maximum absolute atomic E-state index is 5.45. The van der Waals surface area contributed by atoms with Crippen molar-refractivity contribution < 1.29 is 4.74 Å². The largest absolute Gasteiger partial charge is 0.381 e. The number of anilines is 1. The highest BCUT2D eigenvalue weighted by Gasteiger charge is 2.27. The van der Waals surface area contributed by atoms with Gasteiger partial charge in [-0.3, -0.25) is 4.98 Å². The molecule has 0 aromatic carbocycles. The molecule has 2 aromatic rings. The van der Waals surface area contributed by atoms with Gasteiger partial charge in [0.1, 0.15) is 11.6 Å². The van der Waals surface area contributed by atoms with Crippen LogP contribution in [0, 0.1) is 12.3 Å². The minimum atomic E-state index is 0.266. The van der Waals surface area contributed by atoms with Gasteiger partial charge in [0.25, 0.3) is 0 Å². The van der Waals surface area contributed by atoms with Crippen molar-refractivity contribution in [2.45, 2.75) is 26.7 Å². The van der Waals surface area contributed by atoms with Crippen LogP contribution in [0.4, 0.5) is 5.82 Å². The number of nitrogens with one attached hydrogen (secondary N) is 1. The van der Waals surface area contributed by atoms with E-state index in [1.54, 1.807) is 6.20 Å². The van der Waals surface area contributed by atoms with Crippen molar-refractivity contribution in [3.63, 3.8) is 0 Å². The van der Waals surface area contributed by atoms with Crippen LogP contribution in [0.3, 0.4) is 0 Å². The predicted molar refractivity (Wildman–Crippen MR) is 86.6 cm³/mol. The van der Waals surface area contributed by atoms with Crippen LogP contribution >= 0.6 is 0 Å². The van der Waals surface area contributed by atoms with Gasteiger partial charge in [-0.15, -0.1) is 0 Å². The highest BCUT2D eigenvalue weighted by molar-refractivity contribution is 5.58. The zero-order valence-electron chi connectivity index (χ0n) is 13.2. The molecule has 1 N–H and O–H groups in total. The zero-order valence-corrected chi connectivity index (χ0v) is 13.2.